The summed E-state index contributed by atoms with van der Waals surface area (Å²) in [5.74, 6) is -2.71. The average molecular weight is 702 g/mol. The number of aliphatic carboxylic acids is 2. The molecular weight excluding hydrogens is 658 g/mol. The lowest BCUT2D eigenvalue weighted by molar-refractivity contribution is -0.141. The van der Waals surface area contributed by atoms with Crippen LogP contribution in [0, 0.1) is 0 Å². The second-order valence-corrected chi connectivity index (χ2v) is 13.2. The number of pyridine rings is 1. The zero-order valence-electron chi connectivity index (χ0n) is 28.2. The van der Waals surface area contributed by atoms with Gasteiger partial charge in [0, 0.05) is 59.6 Å². The molecule has 0 bridgehead atoms. The molecular formula is C38H44ClN5O6. The number of halogens is 1. The van der Waals surface area contributed by atoms with Crippen molar-refractivity contribution in [3.8, 4) is 11.3 Å². The number of anilines is 1. The van der Waals surface area contributed by atoms with Crippen molar-refractivity contribution in [1.29, 1.82) is 0 Å². The van der Waals surface area contributed by atoms with Gasteiger partial charge in [0.15, 0.2) is 0 Å². The predicted octanol–water partition coefficient (Wildman–Crippen LogP) is 5.76. The summed E-state index contributed by atoms with van der Waals surface area (Å²) < 4.78 is 2.19. The predicted molar refractivity (Wildman–Crippen MR) is 193 cm³/mol. The second-order valence-electron chi connectivity index (χ2n) is 12.8. The fourth-order valence-electron chi connectivity index (χ4n) is 6.86. The fourth-order valence-corrected chi connectivity index (χ4v) is 7.03. The van der Waals surface area contributed by atoms with Crippen molar-refractivity contribution in [2.75, 3.05) is 18.0 Å². The Labute approximate surface area is 296 Å². The summed E-state index contributed by atoms with van der Waals surface area (Å²) in [6, 6.07) is 15.3. The molecule has 0 saturated carbocycles. The Morgan fingerprint density at radius 3 is 2.60 bits per heavy atom. The molecule has 4 aromatic rings. The molecule has 0 spiro atoms. The Kier molecular flexibility index (Phi) is 12.6. The molecule has 1 aliphatic heterocycles. The van der Waals surface area contributed by atoms with Crippen LogP contribution in [0.25, 0.3) is 22.2 Å². The number of fused-ring (bicyclic) bond motifs is 2. The summed E-state index contributed by atoms with van der Waals surface area (Å²) in [7, 11) is 2.06. The quantitative estimate of drug-likeness (QED) is 0.101. The van der Waals surface area contributed by atoms with Gasteiger partial charge in [-0.05, 0) is 98.9 Å². The Bertz CT molecular complexity index is 1830. The minimum absolute atomic E-state index is 0.0342. The average Bonchev–Trinajstić information content (AvgIpc) is 3.30. The number of para-hydroxylation sites is 1. The largest absolute Gasteiger partial charge is 0.480 e. The van der Waals surface area contributed by atoms with Crippen LogP contribution in [-0.4, -0.2) is 68.7 Å². The molecule has 0 radical (unpaired) electrons. The number of hydrogen-bond acceptors (Lipinski definition) is 6. The van der Waals surface area contributed by atoms with Gasteiger partial charge in [-0.25, -0.2) is 0 Å². The SMILES string of the molecule is Cn1c(-c2cccnc2)c(CCCCCC(=O)NCCCC[C@H](N[C@@H]2CCc3ccccc3N(CC(=O)O)C2=O)C(=O)O)c2cc(Cl)ccc21. The van der Waals surface area contributed by atoms with E-state index in [9.17, 15) is 29.4 Å². The van der Waals surface area contributed by atoms with E-state index in [2.05, 4.69) is 33.3 Å². The third-order valence-electron chi connectivity index (χ3n) is 9.32. The standard InChI is InChI=1S/C38H44ClN5O6/c1-43-33-19-17-27(39)22-29(33)28(36(43)26-11-9-20-40-23-26)12-3-2-4-15-34(45)41-21-8-7-13-31(38(49)50)42-30-18-16-25-10-5-6-14-32(25)44(37(30)48)24-35(46)47/h5-6,9-11,14,17,19-20,22-23,30-31,42H,2-4,7-8,12-13,15-16,18,21,24H2,1H3,(H,41,45)(H,46,47)(H,49,50)/t30-,31+/m1/s1. The number of aryl methyl sites for hydroxylation is 3. The number of unbranched alkanes of at least 4 members (excludes halogenated alkanes) is 3. The fraction of sp³-hybridized carbons (Fsp3) is 0.395. The van der Waals surface area contributed by atoms with Crippen LogP contribution in [0.4, 0.5) is 5.69 Å². The van der Waals surface area contributed by atoms with E-state index < -0.39 is 36.5 Å². The first-order valence-corrected chi connectivity index (χ1v) is 17.6. The number of rotatable bonds is 17. The molecule has 2 aromatic carbocycles. The van der Waals surface area contributed by atoms with Gasteiger partial charge < -0.3 is 20.1 Å². The molecule has 0 saturated heterocycles. The number of nitrogens with one attached hydrogen (secondary N) is 2. The van der Waals surface area contributed by atoms with Gasteiger partial charge in [0.1, 0.15) is 12.6 Å². The number of aromatic nitrogens is 2. The third-order valence-corrected chi connectivity index (χ3v) is 9.55. The normalized spacial score (nSPS) is 15.0. The van der Waals surface area contributed by atoms with Crippen molar-refractivity contribution in [2.24, 2.45) is 7.05 Å². The van der Waals surface area contributed by atoms with E-state index >= 15 is 0 Å². The summed E-state index contributed by atoms with van der Waals surface area (Å²) in [4.78, 5) is 55.0. The molecule has 5 rings (SSSR count). The summed E-state index contributed by atoms with van der Waals surface area (Å²) in [6.45, 7) is -0.0709. The lowest BCUT2D eigenvalue weighted by Crippen LogP contribution is -2.52. The molecule has 4 N–H and O–H groups in total. The molecule has 0 aliphatic carbocycles. The molecule has 2 aromatic heterocycles. The lowest BCUT2D eigenvalue weighted by Gasteiger charge is -2.26. The Morgan fingerprint density at radius 2 is 1.84 bits per heavy atom. The first kappa shape index (κ1) is 36.5. The number of carbonyl (C=O) groups excluding carboxylic acids is 2. The highest BCUT2D eigenvalue weighted by Gasteiger charge is 2.34. The van der Waals surface area contributed by atoms with E-state index in [0.29, 0.717) is 49.4 Å². The molecule has 264 valence electrons. The Hall–Kier alpha value is -4.74. The van der Waals surface area contributed by atoms with Crippen molar-refractivity contribution in [2.45, 2.75) is 76.3 Å². The van der Waals surface area contributed by atoms with Crippen molar-refractivity contribution >= 4 is 51.9 Å². The van der Waals surface area contributed by atoms with E-state index in [1.807, 2.05) is 42.6 Å². The Morgan fingerprint density at radius 1 is 1.02 bits per heavy atom. The van der Waals surface area contributed by atoms with Crippen LogP contribution in [-0.2, 0) is 39.1 Å². The number of amides is 2. The van der Waals surface area contributed by atoms with Crippen molar-refractivity contribution in [3.05, 3.63) is 83.1 Å². The van der Waals surface area contributed by atoms with Crippen LogP contribution >= 0.6 is 11.6 Å². The molecule has 1 aliphatic rings. The van der Waals surface area contributed by atoms with Gasteiger partial charge in [-0.2, -0.15) is 0 Å². The monoisotopic (exact) mass is 701 g/mol. The third kappa shape index (κ3) is 9.08. The minimum atomic E-state index is -1.15. The van der Waals surface area contributed by atoms with E-state index in [1.54, 1.807) is 18.3 Å². The zero-order valence-corrected chi connectivity index (χ0v) is 29.0. The van der Waals surface area contributed by atoms with Gasteiger partial charge in [0.25, 0.3) is 0 Å². The van der Waals surface area contributed by atoms with Crippen molar-refractivity contribution in [1.82, 2.24) is 20.2 Å². The summed E-state index contributed by atoms with van der Waals surface area (Å²) in [5, 5.41) is 27.0. The molecule has 2 amide bonds. The summed E-state index contributed by atoms with van der Waals surface area (Å²) in [5.41, 5.74) is 5.90. The van der Waals surface area contributed by atoms with Gasteiger partial charge in [-0.15, -0.1) is 0 Å². The van der Waals surface area contributed by atoms with Gasteiger partial charge in [0.2, 0.25) is 11.8 Å². The van der Waals surface area contributed by atoms with E-state index in [-0.39, 0.29) is 12.3 Å². The number of benzene rings is 2. The molecule has 0 unspecified atom stereocenters. The highest BCUT2D eigenvalue weighted by Crippen LogP contribution is 2.35. The number of nitrogens with zero attached hydrogens (tertiary/aromatic N) is 3. The van der Waals surface area contributed by atoms with Crippen LogP contribution in [0.2, 0.25) is 5.02 Å². The number of carboxylic acids is 2. The lowest BCUT2D eigenvalue weighted by atomic mass is 10.00. The Balaban J connectivity index is 1.04. The molecule has 3 heterocycles. The van der Waals surface area contributed by atoms with Crippen molar-refractivity contribution < 1.29 is 29.4 Å². The van der Waals surface area contributed by atoms with Crippen LogP contribution in [0.3, 0.4) is 0 Å². The molecule has 2 atom stereocenters. The maximum Gasteiger partial charge on any atom is 0.323 e. The van der Waals surface area contributed by atoms with Crippen LogP contribution in [0.15, 0.2) is 67.0 Å². The van der Waals surface area contributed by atoms with E-state index in [4.69, 9.17) is 11.6 Å². The second kappa shape index (κ2) is 17.3. The zero-order chi connectivity index (χ0) is 35.6. The van der Waals surface area contributed by atoms with Gasteiger partial charge in [-0.1, -0.05) is 36.2 Å². The highest BCUT2D eigenvalue weighted by atomic mass is 35.5. The first-order valence-electron chi connectivity index (χ1n) is 17.2. The highest BCUT2D eigenvalue weighted by molar-refractivity contribution is 6.31. The summed E-state index contributed by atoms with van der Waals surface area (Å²) >= 11 is 6.37. The van der Waals surface area contributed by atoms with Crippen LogP contribution in [0.5, 0.6) is 0 Å². The van der Waals surface area contributed by atoms with E-state index in [1.165, 1.54) is 10.5 Å². The number of hydrogen-bond donors (Lipinski definition) is 4. The van der Waals surface area contributed by atoms with Gasteiger partial charge >= 0.3 is 11.9 Å². The summed E-state index contributed by atoms with van der Waals surface area (Å²) in [6.07, 6.45) is 9.70. The number of carbonyl (C=O) groups is 4. The smallest absolute Gasteiger partial charge is 0.323 e. The minimum Gasteiger partial charge on any atom is -0.480 e. The van der Waals surface area contributed by atoms with Crippen LogP contribution < -0.4 is 15.5 Å². The van der Waals surface area contributed by atoms with Crippen molar-refractivity contribution in [3.63, 3.8) is 0 Å². The molecule has 11 nitrogen and oxygen atoms in total. The first-order chi connectivity index (χ1) is 24.1. The topological polar surface area (TPSA) is 154 Å². The molecule has 50 heavy (non-hydrogen) atoms. The maximum absolute atomic E-state index is 13.3. The number of carboxylic acid groups (broad SMARTS) is 2. The van der Waals surface area contributed by atoms with Gasteiger partial charge in [0.05, 0.1) is 11.7 Å². The molecule has 0 fully saturated rings. The molecule has 12 heteroatoms. The van der Waals surface area contributed by atoms with Gasteiger partial charge in [-0.3, -0.25) is 34.4 Å². The van der Waals surface area contributed by atoms with Crippen LogP contribution in [0.1, 0.15) is 62.5 Å². The maximum atomic E-state index is 13.3. The van der Waals surface area contributed by atoms with E-state index in [0.717, 1.165) is 53.4 Å².